The average molecular weight is 380 g/mol. The second-order valence-corrected chi connectivity index (χ2v) is 8.30. The van der Waals surface area contributed by atoms with Crippen molar-refractivity contribution in [3.8, 4) is 6.07 Å². The molecule has 2 heterocycles. The Kier molecular flexibility index (Phi) is 5.62. The van der Waals surface area contributed by atoms with E-state index in [2.05, 4.69) is 63.8 Å². The third-order valence-electron chi connectivity index (χ3n) is 5.37. The average Bonchev–Trinajstić information content (AvgIpc) is 2.65. The van der Waals surface area contributed by atoms with E-state index >= 15 is 0 Å². The molecule has 0 N–H and O–H groups in total. The molecule has 1 saturated heterocycles. The van der Waals surface area contributed by atoms with Crippen molar-refractivity contribution in [3.05, 3.63) is 41.0 Å². The molecular formula is C23H29N3O2. The molecule has 2 aliphatic rings. The number of rotatable bonds is 3. The molecule has 1 aromatic rings. The molecule has 0 spiro atoms. The van der Waals surface area contributed by atoms with Gasteiger partial charge in [-0.1, -0.05) is 12.1 Å². The number of allylic oxidation sites excluding steroid dienone is 1. The normalized spacial score (nSPS) is 19.2. The highest BCUT2D eigenvalue weighted by molar-refractivity contribution is 6.02. The van der Waals surface area contributed by atoms with Crippen molar-refractivity contribution >= 4 is 23.2 Å². The summed E-state index contributed by atoms with van der Waals surface area (Å²) >= 11 is 0. The van der Waals surface area contributed by atoms with Gasteiger partial charge in [-0.15, -0.1) is 0 Å². The molecular weight excluding hydrogens is 350 g/mol. The second-order valence-electron chi connectivity index (χ2n) is 8.30. The lowest BCUT2D eigenvalue weighted by atomic mass is 9.86. The smallest absolute Gasteiger partial charge is 0.264 e. The highest BCUT2D eigenvalue weighted by atomic mass is 16.5. The molecule has 5 heteroatoms. The first-order valence-corrected chi connectivity index (χ1v) is 9.86. The summed E-state index contributed by atoms with van der Waals surface area (Å²) in [4.78, 5) is 16.8. The summed E-state index contributed by atoms with van der Waals surface area (Å²) in [7, 11) is 0. The van der Waals surface area contributed by atoms with Gasteiger partial charge in [0.2, 0.25) is 0 Å². The number of nitrogens with zero attached hydrogens (tertiary/aromatic N) is 3. The summed E-state index contributed by atoms with van der Waals surface area (Å²) in [5, 5.41) is 9.55. The van der Waals surface area contributed by atoms with E-state index in [9.17, 15) is 10.1 Å². The van der Waals surface area contributed by atoms with Gasteiger partial charge >= 0.3 is 0 Å². The van der Waals surface area contributed by atoms with Crippen LogP contribution in [0.2, 0.25) is 0 Å². The van der Waals surface area contributed by atoms with Gasteiger partial charge in [-0.2, -0.15) is 5.26 Å². The molecule has 3 rings (SSSR count). The van der Waals surface area contributed by atoms with Gasteiger partial charge < -0.3 is 14.5 Å². The van der Waals surface area contributed by atoms with E-state index < -0.39 is 0 Å². The zero-order valence-corrected chi connectivity index (χ0v) is 17.5. The minimum atomic E-state index is -0.222. The Balaban J connectivity index is 1.97. The fraction of sp³-hybridized carbons (Fsp3) is 0.478. The molecule has 0 atom stereocenters. The van der Waals surface area contributed by atoms with Crippen LogP contribution in [0.5, 0.6) is 0 Å². The van der Waals surface area contributed by atoms with Crippen molar-refractivity contribution in [2.75, 3.05) is 31.2 Å². The van der Waals surface area contributed by atoms with Crippen LogP contribution in [0, 0.1) is 11.3 Å². The third kappa shape index (κ3) is 3.83. The Hall–Kier alpha value is -2.58. The number of hydrogen-bond donors (Lipinski definition) is 0. The summed E-state index contributed by atoms with van der Waals surface area (Å²) in [6.07, 6.45) is 3.98. The highest BCUT2D eigenvalue weighted by Crippen LogP contribution is 2.40. The summed E-state index contributed by atoms with van der Waals surface area (Å²) in [6, 6.07) is 8.62. The molecule has 2 aliphatic heterocycles. The monoisotopic (exact) mass is 379 g/mol. The summed E-state index contributed by atoms with van der Waals surface area (Å²) in [5.74, 6) is -0.222. The molecule has 1 aromatic carbocycles. The van der Waals surface area contributed by atoms with E-state index in [4.69, 9.17) is 4.74 Å². The molecule has 1 fully saturated rings. The first-order valence-electron chi connectivity index (χ1n) is 9.86. The number of nitriles is 1. The van der Waals surface area contributed by atoms with E-state index in [0.29, 0.717) is 32.3 Å². The number of carbonyl (C=O) groups excluding carboxylic acids is 1. The summed E-state index contributed by atoms with van der Waals surface area (Å²) in [5.41, 5.74) is 4.53. The van der Waals surface area contributed by atoms with Gasteiger partial charge in [-0.05, 0) is 64.0 Å². The van der Waals surface area contributed by atoms with E-state index in [1.807, 2.05) is 6.07 Å². The maximum absolute atomic E-state index is 12.7. The van der Waals surface area contributed by atoms with Crippen molar-refractivity contribution in [2.45, 2.75) is 46.2 Å². The molecule has 0 saturated carbocycles. The molecule has 5 nitrogen and oxygen atoms in total. The van der Waals surface area contributed by atoms with Crippen molar-refractivity contribution in [1.82, 2.24) is 4.90 Å². The number of anilines is 1. The lowest BCUT2D eigenvalue weighted by Crippen LogP contribution is -2.49. The fourth-order valence-corrected chi connectivity index (χ4v) is 4.35. The Labute approximate surface area is 167 Å². The van der Waals surface area contributed by atoms with Crippen LogP contribution in [-0.2, 0) is 9.53 Å². The maximum Gasteiger partial charge on any atom is 0.264 e. The number of benzene rings is 1. The lowest BCUT2D eigenvalue weighted by Gasteiger charge is -2.46. The molecule has 0 radical (unpaired) electrons. The number of amides is 1. The minimum absolute atomic E-state index is 0.0628. The van der Waals surface area contributed by atoms with E-state index in [1.165, 1.54) is 11.3 Å². The number of fused-ring (bicyclic) bond motifs is 1. The van der Waals surface area contributed by atoms with Gasteiger partial charge in [0.25, 0.3) is 5.91 Å². The van der Waals surface area contributed by atoms with Crippen LogP contribution in [0.15, 0.2) is 29.8 Å². The van der Waals surface area contributed by atoms with E-state index in [-0.39, 0.29) is 17.0 Å². The van der Waals surface area contributed by atoms with Crippen LogP contribution in [-0.4, -0.2) is 48.7 Å². The number of carbonyl (C=O) groups is 1. The molecule has 1 amide bonds. The Morgan fingerprint density at radius 1 is 1.29 bits per heavy atom. The van der Waals surface area contributed by atoms with Crippen LogP contribution in [0.4, 0.5) is 5.69 Å². The van der Waals surface area contributed by atoms with E-state index in [1.54, 1.807) is 11.0 Å². The summed E-state index contributed by atoms with van der Waals surface area (Å²) in [6.45, 7) is 13.1. The predicted molar refractivity (Wildman–Crippen MR) is 113 cm³/mol. The van der Waals surface area contributed by atoms with Crippen LogP contribution in [0.3, 0.4) is 0 Å². The largest absolute Gasteiger partial charge is 0.378 e. The van der Waals surface area contributed by atoms with Crippen molar-refractivity contribution in [1.29, 1.82) is 5.26 Å². The molecule has 0 unspecified atom stereocenters. The second kappa shape index (κ2) is 7.81. The summed E-state index contributed by atoms with van der Waals surface area (Å²) < 4.78 is 5.29. The van der Waals surface area contributed by atoms with Crippen LogP contribution < -0.4 is 4.90 Å². The number of morpholine rings is 1. The zero-order valence-electron chi connectivity index (χ0n) is 17.5. The van der Waals surface area contributed by atoms with Crippen LogP contribution >= 0.6 is 0 Å². The predicted octanol–water partition coefficient (Wildman–Crippen LogP) is 3.86. The van der Waals surface area contributed by atoms with Gasteiger partial charge in [0, 0.05) is 30.4 Å². The van der Waals surface area contributed by atoms with Gasteiger partial charge in [0.1, 0.15) is 11.6 Å². The molecule has 148 valence electrons. The number of hydrogen-bond acceptors (Lipinski definition) is 4. The van der Waals surface area contributed by atoms with E-state index in [0.717, 1.165) is 11.1 Å². The topological polar surface area (TPSA) is 56.6 Å². The van der Waals surface area contributed by atoms with Crippen molar-refractivity contribution in [2.24, 2.45) is 0 Å². The highest BCUT2D eigenvalue weighted by Gasteiger charge is 2.33. The van der Waals surface area contributed by atoms with Crippen molar-refractivity contribution in [3.63, 3.8) is 0 Å². The Morgan fingerprint density at radius 2 is 1.96 bits per heavy atom. The van der Waals surface area contributed by atoms with Gasteiger partial charge in [0.15, 0.2) is 0 Å². The molecule has 0 aliphatic carbocycles. The standard InChI is InChI=1S/C23H29N3O2/c1-16(2)26-21-7-6-18(13-20(21)17(3)14-23(26,4)5)12-19(15-24)22(27)25-8-10-28-11-9-25/h6-7,12-14,16H,8-11H2,1-5H3/b19-12-. The quantitative estimate of drug-likeness (QED) is 0.591. The van der Waals surface area contributed by atoms with Crippen molar-refractivity contribution < 1.29 is 9.53 Å². The lowest BCUT2D eigenvalue weighted by molar-refractivity contribution is -0.130. The van der Waals surface area contributed by atoms with Gasteiger partial charge in [0.05, 0.1) is 18.8 Å². The van der Waals surface area contributed by atoms with Gasteiger partial charge in [-0.3, -0.25) is 4.79 Å². The minimum Gasteiger partial charge on any atom is -0.378 e. The first kappa shape index (κ1) is 20.2. The number of ether oxygens (including phenoxy) is 1. The maximum atomic E-state index is 12.7. The van der Waals surface area contributed by atoms with Crippen LogP contribution in [0.1, 0.15) is 45.7 Å². The third-order valence-corrected chi connectivity index (χ3v) is 5.37. The SMILES string of the molecule is CC1=CC(C)(C)N(C(C)C)c2ccc(/C=C(/C#N)C(=O)N3CCOCC3)cc21. The fourth-order valence-electron chi connectivity index (χ4n) is 4.35. The first-order chi connectivity index (χ1) is 13.2. The van der Waals surface area contributed by atoms with Gasteiger partial charge in [-0.25, -0.2) is 0 Å². The Bertz CT molecular complexity index is 868. The molecule has 0 bridgehead atoms. The Morgan fingerprint density at radius 3 is 2.57 bits per heavy atom. The molecule has 28 heavy (non-hydrogen) atoms. The molecule has 0 aromatic heterocycles. The van der Waals surface area contributed by atoms with Crippen LogP contribution in [0.25, 0.3) is 11.6 Å². The zero-order chi connectivity index (χ0) is 20.5.